The molecule has 0 N–H and O–H groups in total. The van der Waals surface area contributed by atoms with Crippen LogP contribution in [0.15, 0.2) is 36.4 Å². The SMILES string of the molecule is Cc1cc2c(c(C34CC5CC(CC(C5)C3)C4)c1)OC[N+](c1ccccc1C(C)(C)C)=C2. The average Bonchev–Trinajstić information content (AvgIpc) is 2.71. The highest BCUT2D eigenvalue weighted by molar-refractivity contribution is 5.83. The second kappa shape index (κ2) is 6.70. The monoisotopic (exact) mass is 414 g/mol. The fourth-order valence-corrected chi connectivity index (χ4v) is 7.73. The molecule has 0 spiro atoms. The third kappa shape index (κ3) is 3.17. The Hall–Kier alpha value is -2.09. The summed E-state index contributed by atoms with van der Waals surface area (Å²) in [6, 6.07) is 13.6. The molecule has 2 heteroatoms. The van der Waals surface area contributed by atoms with Crippen molar-refractivity contribution in [1.29, 1.82) is 0 Å². The Kier molecular flexibility index (Phi) is 4.23. The molecule has 2 nitrogen and oxygen atoms in total. The van der Waals surface area contributed by atoms with Crippen molar-refractivity contribution in [3.05, 3.63) is 58.7 Å². The van der Waals surface area contributed by atoms with Gasteiger partial charge >= 0.3 is 0 Å². The number of rotatable bonds is 2. The number of benzene rings is 2. The van der Waals surface area contributed by atoms with Crippen molar-refractivity contribution in [2.45, 2.75) is 77.0 Å². The van der Waals surface area contributed by atoms with Crippen molar-refractivity contribution in [2.75, 3.05) is 6.73 Å². The maximum atomic E-state index is 6.63. The highest BCUT2D eigenvalue weighted by Gasteiger charge is 2.53. The van der Waals surface area contributed by atoms with Crippen LogP contribution < -0.4 is 4.74 Å². The van der Waals surface area contributed by atoms with Crippen LogP contribution in [0.4, 0.5) is 5.69 Å². The summed E-state index contributed by atoms with van der Waals surface area (Å²) in [6.45, 7) is 9.74. The molecule has 0 atom stereocenters. The molecule has 4 saturated carbocycles. The summed E-state index contributed by atoms with van der Waals surface area (Å²) in [6.07, 6.45) is 11.0. The summed E-state index contributed by atoms with van der Waals surface area (Å²) in [5.41, 5.74) is 7.26. The molecule has 4 fully saturated rings. The quantitative estimate of drug-likeness (QED) is 0.488. The van der Waals surface area contributed by atoms with E-state index in [0.29, 0.717) is 12.1 Å². The van der Waals surface area contributed by atoms with Crippen LogP contribution in [-0.2, 0) is 10.8 Å². The molecule has 0 radical (unpaired) electrons. The van der Waals surface area contributed by atoms with Gasteiger partial charge in [0.2, 0.25) is 5.69 Å². The number of fused-ring (bicyclic) bond motifs is 1. The molecular weight excluding hydrogens is 378 g/mol. The molecule has 7 rings (SSSR count). The van der Waals surface area contributed by atoms with Crippen LogP contribution in [0.3, 0.4) is 0 Å². The van der Waals surface area contributed by atoms with Gasteiger partial charge in [0.25, 0.3) is 6.73 Å². The molecule has 0 saturated heterocycles. The normalized spacial score (nSPS) is 31.2. The Labute approximate surface area is 187 Å². The van der Waals surface area contributed by atoms with Gasteiger partial charge in [-0.15, -0.1) is 0 Å². The number of ether oxygens (including phenoxy) is 1. The standard InChI is InChI=1S/C29H36NO/c1-19-9-23-17-30(26-8-6-5-7-24(26)28(2,3)4)18-31-27(23)25(10-19)29-14-20-11-21(15-29)13-22(12-20)16-29/h5-10,17,20-22H,11-16,18H2,1-4H3/q+1. The molecule has 1 heterocycles. The average molecular weight is 415 g/mol. The van der Waals surface area contributed by atoms with E-state index in [2.05, 4.69) is 74.9 Å². The van der Waals surface area contributed by atoms with Crippen LogP contribution in [0, 0.1) is 24.7 Å². The molecule has 2 aromatic rings. The predicted molar refractivity (Wildman–Crippen MR) is 127 cm³/mol. The lowest BCUT2D eigenvalue weighted by Crippen LogP contribution is -2.49. The third-order valence-corrected chi connectivity index (χ3v) is 8.54. The van der Waals surface area contributed by atoms with E-state index in [0.717, 1.165) is 17.8 Å². The number of hydrogen-bond acceptors (Lipinski definition) is 1. The van der Waals surface area contributed by atoms with Gasteiger partial charge in [0.05, 0.1) is 5.56 Å². The van der Waals surface area contributed by atoms with Crippen LogP contribution in [0.5, 0.6) is 5.75 Å². The van der Waals surface area contributed by atoms with Gasteiger partial charge in [-0.2, -0.15) is 4.58 Å². The van der Waals surface area contributed by atoms with Crippen molar-refractivity contribution in [2.24, 2.45) is 17.8 Å². The second-order valence-corrected chi connectivity index (χ2v) is 12.1. The van der Waals surface area contributed by atoms with Crippen LogP contribution in [-0.4, -0.2) is 17.5 Å². The van der Waals surface area contributed by atoms with Crippen LogP contribution in [0.2, 0.25) is 0 Å². The van der Waals surface area contributed by atoms with Crippen LogP contribution in [0.1, 0.15) is 81.5 Å². The number of aryl methyl sites for hydroxylation is 1. The lowest BCUT2D eigenvalue weighted by molar-refractivity contribution is -0.477. The lowest BCUT2D eigenvalue weighted by atomic mass is 9.48. The Morgan fingerprint density at radius 2 is 1.58 bits per heavy atom. The first-order valence-corrected chi connectivity index (χ1v) is 12.3. The number of para-hydroxylation sites is 1. The van der Waals surface area contributed by atoms with Crippen molar-refractivity contribution in [3.8, 4) is 5.75 Å². The van der Waals surface area contributed by atoms with E-state index in [9.17, 15) is 0 Å². The van der Waals surface area contributed by atoms with Crippen molar-refractivity contribution in [3.63, 3.8) is 0 Å². The minimum atomic E-state index is 0.0989. The molecule has 1 aliphatic heterocycles. The Morgan fingerprint density at radius 3 is 2.23 bits per heavy atom. The fourth-order valence-electron chi connectivity index (χ4n) is 7.73. The summed E-state index contributed by atoms with van der Waals surface area (Å²) >= 11 is 0. The predicted octanol–water partition coefficient (Wildman–Crippen LogP) is 6.87. The first kappa shape index (κ1) is 19.6. The molecule has 0 amide bonds. The molecule has 4 bridgehead atoms. The fraction of sp³-hybridized carbons (Fsp3) is 0.552. The Morgan fingerprint density at radius 1 is 0.935 bits per heavy atom. The van der Waals surface area contributed by atoms with Gasteiger partial charge in [0.15, 0.2) is 6.21 Å². The first-order chi connectivity index (χ1) is 14.8. The molecular formula is C29H36NO+. The van der Waals surface area contributed by atoms with Gasteiger partial charge in [0.1, 0.15) is 5.75 Å². The van der Waals surface area contributed by atoms with Gasteiger partial charge < -0.3 is 4.74 Å². The zero-order valence-corrected chi connectivity index (χ0v) is 19.6. The maximum absolute atomic E-state index is 6.63. The van der Waals surface area contributed by atoms with E-state index in [1.54, 1.807) is 0 Å². The van der Waals surface area contributed by atoms with Crippen LogP contribution in [0.25, 0.3) is 0 Å². The highest BCUT2D eigenvalue weighted by atomic mass is 16.5. The summed E-state index contributed by atoms with van der Waals surface area (Å²) in [5, 5.41) is 0. The third-order valence-electron chi connectivity index (χ3n) is 8.54. The summed E-state index contributed by atoms with van der Waals surface area (Å²) in [7, 11) is 0. The van der Waals surface area contributed by atoms with Crippen molar-refractivity contribution in [1.82, 2.24) is 0 Å². The van der Waals surface area contributed by atoms with Crippen molar-refractivity contribution >= 4 is 11.9 Å². The van der Waals surface area contributed by atoms with Gasteiger partial charge in [-0.05, 0) is 85.7 Å². The summed E-state index contributed by atoms with van der Waals surface area (Å²) in [4.78, 5) is 0. The summed E-state index contributed by atoms with van der Waals surface area (Å²) < 4.78 is 8.94. The van der Waals surface area contributed by atoms with Gasteiger partial charge in [-0.1, -0.05) is 45.0 Å². The topological polar surface area (TPSA) is 12.2 Å². The molecule has 31 heavy (non-hydrogen) atoms. The Bertz CT molecular complexity index is 1040. The minimum absolute atomic E-state index is 0.0989. The largest absolute Gasteiger partial charge is 0.435 e. The van der Waals surface area contributed by atoms with Crippen LogP contribution >= 0.6 is 0 Å². The molecule has 5 aliphatic rings. The molecule has 4 aliphatic carbocycles. The number of nitrogens with zero attached hydrogens (tertiary/aromatic N) is 1. The van der Waals surface area contributed by atoms with Crippen molar-refractivity contribution < 1.29 is 9.31 Å². The van der Waals surface area contributed by atoms with Gasteiger partial charge in [-0.25, -0.2) is 0 Å². The minimum Gasteiger partial charge on any atom is -0.435 e. The van der Waals surface area contributed by atoms with E-state index in [1.807, 2.05) is 0 Å². The van der Waals surface area contributed by atoms with E-state index < -0.39 is 0 Å². The number of hydrogen-bond donors (Lipinski definition) is 0. The Balaban J connectivity index is 1.45. The summed E-state index contributed by atoms with van der Waals surface area (Å²) in [5.74, 6) is 4.03. The van der Waals surface area contributed by atoms with E-state index in [-0.39, 0.29) is 5.41 Å². The second-order valence-electron chi connectivity index (χ2n) is 12.1. The lowest BCUT2D eigenvalue weighted by Gasteiger charge is -2.57. The van der Waals surface area contributed by atoms with Gasteiger partial charge in [0, 0.05) is 17.2 Å². The highest BCUT2D eigenvalue weighted by Crippen LogP contribution is 2.62. The first-order valence-electron chi connectivity index (χ1n) is 12.3. The smallest absolute Gasteiger partial charge is 0.292 e. The zero-order chi connectivity index (χ0) is 21.4. The van der Waals surface area contributed by atoms with E-state index in [4.69, 9.17) is 4.74 Å². The van der Waals surface area contributed by atoms with Gasteiger partial charge in [-0.3, -0.25) is 0 Å². The molecule has 2 aromatic carbocycles. The maximum Gasteiger partial charge on any atom is 0.292 e. The zero-order valence-electron chi connectivity index (χ0n) is 19.6. The van der Waals surface area contributed by atoms with E-state index in [1.165, 1.54) is 72.2 Å². The molecule has 162 valence electrons. The molecule has 0 unspecified atom stereocenters. The molecule has 0 aromatic heterocycles. The van der Waals surface area contributed by atoms with E-state index >= 15 is 0 Å².